The van der Waals surface area contributed by atoms with Crippen LogP contribution in [0, 0.1) is 0 Å². The maximum atomic E-state index is 9.45. The number of aliphatic hydroxyl groups excluding tert-OH is 1. The molecule has 2 N–H and O–H groups in total. The molecule has 0 unspecified atom stereocenters. The van der Waals surface area contributed by atoms with Crippen molar-refractivity contribution in [3.63, 3.8) is 0 Å². The van der Waals surface area contributed by atoms with Crippen LogP contribution in [0.2, 0.25) is 0 Å². The van der Waals surface area contributed by atoms with Gasteiger partial charge in [-0.3, -0.25) is 4.98 Å². The number of phenols is 1. The monoisotopic (exact) mass is 202 g/mol. The van der Waals surface area contributed by atoms with Crippen LogP contribution >= 0.6 is 0 Å². The number of aromatic nitrogens is 1. The molecule has 3 radical (unpaired) electrons. The van der Waals surface area contributed by atoms with E-state index in [2.05, 4.69) is 4.98 Å². The number of aromatic hydroxyl groups is 1. The molecule has 1 aromatic carbocycles. The molecule has 1 heterocycles. The van der Waals surface area contributed by atoms with Gasteiger partial charge < -0.3 is 10.2 Å². The van der Waals surface area contributed by atoms with Crippen LogP contribution in [0.4, 0.5) is 0 Å². The minimum absolute atomic E-state index is 0. The van der Waals surface area contributed by atoms with E-state index in [4.69, 9.17) is 5.11 Å². The van der Waals surface area contributed by atoms with Crippen LogP contribution in [0.5, 0.6) is 5.75 Å². The molecule has 0 saturated heterocycles. The van der Waals surface area contributed by atoms with Crippen molar-refractivity contribution in [2.24, 2.45) is 0 Å². The van der Waals surface area contributed by atoms with Gasteiger partial charge >= 0.3 is 0 Å². The van der Waals surface area contributed by atoms with Gasteiger partial charge in [0.15, 0.2) is 0 Å². The summed E-state index contributed by atoms with van der Waals surface area (Å²) in [6.45, 7) is -0.0392. The van der Waals surface area contributed by atoms with E-state index in [1.807, 2.05) is 6.07 Å². The number of phenolic OH excluding ortho intramolecular Hbond substituents is 1. The molecule has 0 fully saturated rings. The van der Waals surface area contributed by atoms with Crippen molar-refractivity contribution in [2.75, 3.05) is 0 Å². The van der Waals surface area contributed by atoms with Gasteiger partial charge in [-0.25, -0.2) is 0 Å². The molecule has 0 saturated carbocycles. The molecular weight excluding hydrogens is 193 g/mol. The molecule has 0 aliphatic rings. The van der Waals surface area contributed by atoms with Gasteiger partial charge in [-0.1, -0.05) is 12.1 Å². The Kier molecular flexibility index (Phi) is 3.48. The quantitative estimate of drug-likeness (QED) is 0.679. The topological polar surface area (TPSA) is 53.4 Å². The van der Waals surface area contributed by atoms with Crippen LogP contribution in [0.25, 0.3) is 10.9 Å². The van der Waals surface area contributed by atoms with E-state index in [1.165, 1.54) is 0 Å². The lowest BCUT2D eigenvalue weighted by Gasteiger charge is -2.03. The Morgan fingerprint density at radius 2 is 2.00 bits per heavy atom. The van der Waals surface area contributed by atoms with Crippen molar-refractivity contribution in [2.45, 2.75) is 6.61 Å². The summed E-state index contributed by atoms with van der Waals surface area (Å²) < 4.78 is 0. The SMILES string of the molecule is OCc1ccc(O)c2ncccc12.[Al]. The zero-order chi connectivity index (χ0) is 9.26. The largest absolute Gasteiger partial charge is 0.506 e. The molecule has 3 nitrogen and oxygen atoms in total. The first-order valence-electron chi connectivity index (χ1n) is 3.99. The summed E-state index contributed by atoms with van der Waals surface area (Å²) in [6.07, 6.45) is 1.61. The number of aliphatic hydroxyl groups is 1. The molecule has 69 valence electrons. The fourth-order valence-corrected chi connectivity index (χ4v) is 1.35. The Hall–Kier alpha value is -1.08. The van der Waals surface area contributed by atoms with Crippen molar-refractivity contribution in [3.05, 3.63) is 36.0 Å². The van der Waals surface area contributed by atoms with Crippen LogP contribution in [0.15, 0.2) is 30.5 Å². The number of benzene rings is 1. The van der Waals surface area contributed by atoms with E-state index in [1.54, 1.807) is 24.4 Å². The Balaban J connectivity index is 0.000000980. The summed E-state index contributed by atoms with van der Waals surface area (Å²) in [6, 6.07) is 6.84. The van der Waals surface area contributed by atoms with Gasteiger partial charge in [0, 0.05) is 28.9 Å². The molecule has 2 aromatic rings. The van der Waals surface area contributed by atoms with Crippen molar-refractivity contribution >= 4 is 28.3 Å². The highest BCUT2D eigenvalue weighted by atomic mass is 27.0. The number of hydrogen-bond acceptors (Lipinski definition) is 3. The van der Waals surface area contributed by atoms with Crippen LogP contribution in [0.1, 0.15) is 5.56 Å². The molecule has 4 heteroatoms. The number of fused-ring (bicyclic) bond motifs is 1. The first-order valence-corrected chi connectivity index (χ1v) is 3.99. The molecule has 1 aromatic heterocycles. The predicted molar refractivity (Wildman–Crippen MR) is 55.1 cm³/mol. The Bertz CT molecular complexity index is 445. The lowest BCUT2D eigenvalue weighted by molar-refractivity contribution is 0.283. The maximum absolute atomic E-state index is 9.45. The summed E-state index contributed by atoms with van der Waals surface area (Å²) >= 11 is 0. The molecule has 0 atom stereocenters. The summed E-state index contributed by atoms with van der Waals surface area (Å²) in [5, 5.41) is 19.3. The van der Waals surface area contributed by atoms with Crippen molar-refractivity contribution in [3.8, 4) is 5.75 Å². The highest BCUT2D eigenvalue weighted by Crippen LogP contribution is 2.24. The van der Waals surface area contributed by atoms with Crippen molar-refractivity contribution in [1.29, 1.82) is 0 Å². The predicted octanol–water partition coefficient (Wildman–Crippen LogP) is 1.05. The van der Waals surface area contributed by atoms with Crippen LogP contribution in [-0.4, -0.2) is 32.6 Å². The normalized spacial score (nSPS) is 9.79. The summed E-state index contributed by atoms with van der Waals surface area (Å²) in [5.41, 5.74) is 1.31. The molecule has 0 amide bonds. The third-order valence-corrected chi connectivity index (χ3v) is 2.01. The Labute approximate surface area is 92.2 Å². The number of nitrogens with zero attached hydrogens (tertiary/aromatic N) is 1. The van der Waals surface area contributed by atoms with Gasteiger partial charge in [0.2, 0.25) is 0 Å². The van der Waals surface area contributed by atoms with E-state index < -0.39 is 0 Å². The van der Waals surface area contributed by atoms with Gasteiger partial charge in [-0.05, 0) is 17.7 Å². The molecule has 0 aliphatic heterocycles. The standard InChI is InChI=1S/C10H9NO2.Al/c12-6-7-3-4-9(13)10-8(7)2-1-5-11-10;/h1-5,12-13H,6H2;. The molecular formula is C10H9AlNO2. The van der Waals surface area contributed by atoms with E-state index in [-0.39, 0.29) is 29.7 Å². The van der Waals surface area contributed by atoms with Crippen molar-refractivity contribution in [1.82, 2.24) is 4.98 Å². The van der Waals surface area contributed by atoms with Crippen molar-refractivity contribution < 1.29 is 10.2 Å². The summed E-state index contributed by atoms with van der Waals surface area (Å²) in [7, 11) is 0. The van der Waals surface area contributed by atoms with Gasteiger partial charge in [0.05, 0.1) is 6.61 Å². The zero-order valence-corrected chi connectivity index (χ0v) is 8.67. The number of pyridine rings is 1. The van der Waals surface area contributed by atoms with E-state index in [9.17, 15) is 5.11 Å². The van der Waals surface area contributed by atoms with Gasteiger partial charge in [0.25, 0.3) is 0 Å². The Morgan fingerprint density at radius 1 is 1.21 bits per heavy atom. The molecule has 2 rings (SSSR count). The maximum Gasteiger partial charge on any atom is 0.141 e. The van der Waals surface area contributed by atoms with E-state index >= 15 is 0 Å². The highest BCUT2D eigenvalue weighted by Gasteiger charge is 2.03. The van der Waals surface area contributed by atoms with E-state index in [0.29, 0.717) is 5.52 Å². The number of hydrogen-bond donors (Lipinski definition) is 2. The third kappa shape index (κ3) is 1.73. The van der Waals surface area contributed by atoms with Crippen LogP contribution < -0.4 is 0 Å². The fraction of sp³-hybridized carbons (Fsp3) is 0.100. The van der Waals surface area contributed by atoms with Gasteiger partial charge in [-0.2, -0.15) is 0 Å². The lowest BCUT2D eigenvalue weighted by Crippen LogP contribution is -1.87. The second kappa shape index (κ2) is 4.43. The third-order valence-electron chi connectivity index (χ3n) is 2.01. The lowest BCUT2D eigenvalue weighted by atomic mass is 10.1. The fourth-order valence-electron chi connectivity index (χ4n) is 1.35. The molecule has 0 spiro atoms. The van der Waals surface area contributed by atoms with Gasteiger partial charge in [-0.15, -0.1) is 0 Å². The second-order valence-electron chi connectivity index (χ2n) is 2.80. The molecule has 0 bridgehead atoms. The highest BCUT2D eigenvalue weighted by molar-refractivity contribution is 5.86. The molecule has 14 heavy (non-hydrogen) atoms. The number of rotatable bonds is 1. The summed E-state index contributed by atoms with van der Waals surface area (Å²) in [4.78, 5) is 4.03. The minimum atomic E-state index is -0.0392. The van der Waals surface area contributed by atoms with Gasteiger partial charge in [0.1, 0.15) is 11.3 Å². The Morgan fingerprint density at radius 3 is 2.71 bits per heavy atom. The summed E-state index contributed by atoms with van der Waals surface area (Å²) in [5.74, 6) is 0.146. The van der Waals surface area contributed by atoms with Crippen LogP contribution in [0.3, 0.4) is 0 Å². The van der Waals surface area contributed by atoms with Crippen LogP contribution in [-0.2, 0) is 6.61 Å². The average molecular weight is 202 g/mol. The minimum Gasteiger partial charge on any atom is -0.506 e. The first-order chi connectivity index (χ1) is 6.33. The zero-order valence-electron chi connectivity index (χ0n) is 7.51. The average Bonchev–Trinajstić information content (AvgIpc) is 2.19. The molecule has 0 aliphatic carbocycles. The first kappa shape index (κ1) is 11.0. The second-order valence-corrected chi connectivity index (χ2v) is 2.80. The smallest absolute Gasteiger partial charge is 0.141 e. The van der Waals surface area contributed by atoms with E-state index in [0.717, 1.165) is 10.9 Å².